The number of hydrogen-bond acceptors (Lipinski definition) is 4. The lowest BCUT2D eigenvalue weighted by atomic mass is 10.0. The molecule has 7 heteroatoms. The van der Waals surface area contributed by atoms with Crippen molar-refractivity contribution in [2.75, 3.05) is 6.54 Å². The molecule has 0 aromatic carbocycles. The maximum atomic E-state index is 11.8. The lowest BCUT2D eigenvalue weighted by molar-refractivity contribution is -0.117. The first-order chi connectivity index (χ1) is 10.1. The highest BCUT2D eigenvalue weighted by Crippen LogP contribution is 2.28. The summed E-state index contributed by atoms with van der Waals surface area (Å²) in [6, 6.07) is 0. The fourth-order valence-electron chi connectivity index (χ4n) is 2.60. The maximum Gasteiger partial charge on any atom is 0.244 e. The molecule has 0 aliphatic heterocycles. The monoisotopic (exact) mass is 325 g/mol. The topological polar surface area (TPSA) is 66.6 Å². The molecule has 1 aliphatic rings. The van der Waals surface area contributed by atoms with Gasteiger partial charge in [0.1, 0.15) is 0 Å². The molecule has 2 aromatic heterocycles. The summed E-state index contributed by atoms with van der Waals surface area (Å²) < 4.78 is 1.83. The largest absolute Gasteiger partial charge is 0.388 e. The zero-order valence-electron chi connectivity index (χ0n) is 11.4. The van der Waals surface area contributed by atoms with Crippen molar-refractivity contribution in [3.05, 3.63) is 28.5 Å². The van der Waals surface area contributed by atoms with Crippen molar-refractivity contribution in [3.63, 3.8) is 0 Å². The van der Waals surface area contributed by atoms with Gasteiger partial charge in [0.15, 0.2) is 10.1 Å². The van der Waals surface area contributed by atoms with Crippen molar-refractivity contribution in [3.8, 4) is 0 Å². The molecule has 5 nitrogen and oxygen atoms in total. The lowest BCUT2D eigenvalue weighted by Gasteiger charge is -2.21. The van der Waals surface area contributed by atoms with Crippen molar-refractivity contribution in [2.24, 2.45) is 0 Å². The number of thiazole rings is 1. The second-order valence-corrected chi connectivity index (χ2v) is 6.56. The maximum absolute atomic E-state index is 11.8. The van der Waals surface area contributed by atoms with Gasteiger partial charge in [0.05, 0.1) is 11.3 Å². The molecular formula is C14H16ClN3O2S. The number of carbonyl (C=O) groups excluding carboxylic acids is 1. The molecule has 0 atom stereocenters. The fourth-order valence-corrected chi connectivity index (χ4v) is 3.61. The zero-order valence-corrected chi connectivity index (χ0v) is 13.0. The van der Waals surface area contributed by atoms with E-state index in [1.807, 2.05) is 16.0 Å². The number of amides is 1. The molecule has 3 rings (SSSR count). The Morgan fingerprint density at radius 2 is 2.33 bits per heavy atom. The second-order valence-electron chi connectivity index (χ2n) is 5.33. The Bertz CT molecular complexity index is 686. The number of nitrogens with zero attached hydrogens (tertiary/aromatic N) is 2. The van der Waals surface area contributed by atoms with E-state index in [1.165, 1.54) is 17.4 Å². The quantitative estimate of drug-likeness (QED) is 0.849. The second kappa shape index (κ2) is 5.79. The van der Waals surface area contributed by atoms with Crippen LogP contribution < -0.4 is 5.32 Å². The lowest BCUT2D eigenvalue weighted by Crippen LogP contribution is -2.40. The molecule has 0 saturated heterocycles. The van der Waals surface area contributed by atoms with E-state index in [2.05, 4.69) is 10.3 Å². The molecule has 0 unspecified atom stereocenters. The molecular weight excluding hydrogens is 310 g/mol. The van der Waals surface area contributed by atoms with Gasteiger partial charge >= 0.3 is 0 Å². The van der Waals surface area contributed by atoms with Crippen LogP contribution in [-0.4, -0.2) is 32.5 Å². The Morgan fingerprint density at radius 3 is 3.10 bits per heavy atom. The van der Waals surface area contributed by atoms with Crippen LogP contribution in [0.2, 0.25) is 5.15 Å². The number of rotatable bonds is 4. The van der Waals surface area contributed by atoms with Gasteiger partial charge < -0.3 is 10.4 Å². The van der Waals surface area contributed by atoms with Crippen LogP contribution in [0.25, 0.3) is 11.0 Å². The third-order valence-electron chi connectivity index (χ3n) is 3.77. The van der Waals surface area contributed by atoms with E-state index in [-0.39, 0.29) is 5.91 Å². The third kappa shape index (κ3) is 3.12. The van der Waals surface area contributed by atoms with E-state index < -0.39 is 5.60 Å². The van der Waals surface area contributed by atoms with Crippen LogP contribution in [0.15, 0.2) is 17.7 Å². The SMILES string of the molecule is O=C(C=Cc1c(Cl)nc2sccn12)NCC1(O)CCCC1. The standard InChI is InChI=1S/C14H16ClN3O2S/c15-12-10(18-7-8-21-13(18)17-12)3-4-11(19)16-9-14(20)5-1-2-6-14/h3-4,7-8,20H,1-2,5-6,9H2,(H,16,19). The van der Waals surface area contributed by atoms with Crippen LogP contribution in [0.4, 0.5) is 0 Å². The Hall–Kier alpha value is -1.37. The van der Waals surface area contributed by atoms with Gasteiger partial charge in [0, 0.05) is 24.2 Å². The molecule has 112 valence electrons. The van der Waals surface area contributed by atoms with Gasteiger partial charge in [-0.1, -0.05) is 24.4 Å². The van der Waals surface area contributed by atoms with Gasteiger partial charge in [-0.2, -0.15) is 0 Å². The van der Waals surface area contributed by atoms with Gasteiger partial charge in [-0.25, -0.2) is 4.98 Å². The van der Waals surface area contributed by atoms with E-state index >= 15 is 0 Å². The zero-order chi connectivity index (χ0) is 14.9. The first-order valence-corrected chi connectivity index (χ1v) is 8.13. The normalized spacial score (nSPS) is 17.8. The van der Waals surface area contributed by atoms with Crippen LogP contribution in [0.3, 0.4) is 0 Å². The predicted molar refractivity (Wildman–Crippen MR) is 83.5 cm³/mol. The molecule has 1 fully saturated rings. The van der Waals surface area contributed by atoms with E-state index in [4.69, 9.17) is 11.6 Å². The molecule has 0 bridgehead atoms. The highest BCUT2D eigenvalue weighted by Gasteiger charge is 2.30. The van der Waals surface area contributed by atoms with Crippen molar-refractivity contribution in [1.29, 1.82) is 0 Å². The minimum atomic E-state index is -0.738. The Kier molecular flexibility index (Phi) is 4.01. The number of carbonyl (C=O) groups is 1. The van der Waals surface area contributed by atoms with Crippen LogP contribution in [0.5, 0.6) is 0 Å². The Balaban J connectivity index is 1.64. The number of hydrogen-bond donors (Lipinski definition) is 2. The average molecular weight is 326 g/mol. The van der Waals surface area contributed by atoms with Crippen molar-refractivity contribution in [1.82, 2.24) is 14.7 Å². The minimum Gasteiger partial charge on any atom is -0.388 e. The molecule has 0 radical (unpaired) electrons. The van der Waals surface area contributed by atoms with Crippen LogP contribution in [-0.2, 0) is 4.79 Å². The van der Waals surface area contributed by atoms with Crippen LogP contribution in [0.1, 0.15) is 31.4 Å². The van der Waals surface area contributed by atoms with Gasteiger partial charge in [-0.3, -0.25) is 9.20 Å². The summed E-state index contributed by atoms with van der Waals surface area (Å²) in [4.78, 5) is 16.8. The van der Waals surface area contributed by atoms with Gasteiger partial charge in [0.25, 0.3) is 0 Å². The summed E-state index contributed by atoms with van der Waals surface area (Å²) in [6.45, 7) is 0.296. The Morgan fingerprint density at radius 1 is 1.57 bits per heavy atom. The van der Waals surface area contributed by atoms with Crippen molar-refractivity contribution >= 4 is 39.9 Å². The predicted octanol–water partition coefficient (Wildman–Crippen LogP) is 2.48. The highest BCUT2D eigenvalue weighted by molar-refractivity contribution is 7.15. The van der Waals surface area contributed by atoms with E-state index in [9.17, 15) is 9.90 Å². The molecule has 0 spiro atoms. The summed E-state index contributed by atoms with van der Waals surface area (Å²) in [6.07, 6.45) is 8.46. The molecule has 2 aromatic rings. The molecule has 21 heavy (non-hydrogen) atoms. The molecule has 1 amide bonds. The number of aliphatic hydroxyl groups is 1. The van der Waals surface area contributed by atoms with Gasteiger partial charge in [-0.15, -0.1) is 11.3 Å². The molecule has 2 heterocycles. The van der Waals surface area contributed by atoms with Gasteiger partial charge in [0.2, 0.25) is 5.91 Å². The first-order valence-electron chi connectivity index (χ1n) is 6.87. The first kappa shape index (κ1) is 14.6. The summed E-state index contributed by atoms with van der Waals surface area (Å²) in [5, 5.41) is 15.2. The van der Waals surface area contributed by atoms with Crippen molar-refractivity contribution in [2.45, 2.75) is 31.3 Å². The summed E-state index contributed by atoms with van der Waals surface area (Å²) >= 11 is 7.53. The minimum absolute atomic E-state index is 0.239. The number of fused-ring (bicyclic) bond motifs is 1. The number of aromatic nitrogens is 2. The number of imidazole rings is 1. The van der Waals surface area contributed by atoms with Crippen LogP contribution in [0, 0.1) is 0 Å². The van der Waals surface area contributed by atoms with E-state index in [0.29, 0.717) is 17.4 Å². The highest BCUT2D eigenvalue weighted by atomic mass is 35.5. The third-order valence-corrected chi connectivity index (χ3v) is 4.81. The van der Waals surface area contributed by atoms with Gasteiger partial charge in [-0.05, 0) is 18.9 Å². The number of halogens is 1. The van der Waals surface area contributed by atoms with Crippen LogP contribution >= 0.6 is 22.9 Å². The smallest absolute Gasteiger partial charge is 0.244 e. The van der Waals surface area contributed by atoms with E-state index in [0.717, 1.165) is 30.6 Å². The Labute approximate surface area is 131 Å². The average Bonchev–Trinajstić information content (AvgIpc) is 3.12. The fraction of sp³-hybridized carbons (Fsp3) is 0.429. The number of nitrogens with one attached hydrogen (secondary N) is 1. The summed E-state index contributed by atoms with van der Waals surface area (Å²) in [5.74, 6) is -0.239. The molecule has 2 N–H and O–H groups in total. The van der Waals surface area contributed by atoms with Crippen molar-refractivity contribution < 1.29 is 9.90 Å². The summed E-state index contributed by atoms with van der Waals surface area (Å²) in [7, 11) is 0. The molecule has 1 saturated carbocycles. The molecule has 1 aliphatic carbocycles. The summed E-state index contributed by atoms with van der Waals surface area (Å²) in [5.41, 5.74) is -0.0547. The van der Waals surface area contributed by atoms with E-state index in [1.54, 1.807) is 6.08 Å².